The van der Waals surface area contributed by atoms with E-state index in [1.807, 2.05) is 36.5 Å². The summed E-state index contributed by atoms with van der Waals surface area (Å²) < 4.78 is 10.4. The molecule has 0 aliphatic rings. The molecule has 0 saturated carbocycles. The van der Waals surface area contributed by atoms with Crippen LogP contribution in [0.2, 0.25) is 0 Å². The van der Waals surface area contributed by atoms with Gasteiger partial charge in [0.2, 0.25) is 5.88 Å². The predicted octanol–water partition coefficient (Wildman–Crippen LogP) is 2.95. The molecule has 0 radical (unpaired) electrons. The summed E-state index contributed by atoms with van der Waals surface area (Å²) in [6, 6.07) is 12.1. The highest BCUT2D eigenvalue weighted by atomic mass is 16.5. The lowest BCUT2D eigenvalue weighted by atomic mass is 10.1. The molecule has 1 heterocycles. The van der Waals surface area contributed by atoms with Gasteiger partial charge in [-0.1, -0.05) is 24.3 Å². The summed E-state index contributed by atoms with van der Waals surface area (Å²) in [4.78, 5) is 4.19. The van der Waals surface area contributed by atoms with Crippen molar-refractivity contribution in [3.8, 4) is 11.6 Å². The second-order valence-electron chi connectivity index (χ2n) is 4.55. The monoisotopic (exact) mass is 272 g/mol. The number of rotatable bonds is 6. The highest BCUT2D eigenvalue weighted by Crippen LogP contribution is 2.24. The first-order valence-corrected chi connectivity index (χ1v) is 6.60. The molecule has 0 unspecified atom stereocenters. The Morgan fingerprint density at radius 2 is 1.90 bits per heavy atom. The number of nitrogens with zero attached hydrogens (tertiary/aromatic N) is 1. The van der Waals surface area contributed by atoms with Gasteiger partial charge in [-0.25, -0.2) is 4.98 Å². The van der Waals surface area contributed by atoms with Gasteiger partial charge in [0.25, 0.3) is 0 Å². The normalized spacial score (nSPS) is 11.9. The molecule has 0 amide bonds. The van der Waals surface area contributed by atoms with Crippen molar-refractivity contribution in [3.05, 3.63) is 53.7 Å². The molecule has 0 bridgehead atoms. The number of nitrogens with one attached hydrogen (secondary N) is 1. The number of para-hydroxylation sites is 1. The van der Waals surface area contributed by atoms with Crippen LogP contribution in [-0.4, -0.2) is 19.2 Å². The number of hydrogen-bond acceptors (Lipinski definition) is 4. The first kappa shape index (κ1) is 14.3. The van der Waals surface area contributed by atoms with Gasteiger partial charge in [0, 0.05) is 30.4 Å². The first-order valence-electron chi connectivity index (χ1n) is 6.60. The molecule has 20 heavy (non-hydrogen) atoms. The van der Waals surface area contributed by atoms with Gasteiger partial charge in [-0.05, 0) is 18.6 Å². The number of aromatic nitrogens is 1. The second-order valence-corrected chi connectivity index (χ2v) is 4.55. The Balaban J connectivity index is 1.98. The van der Waals surface area contributed by atoms with E-state index in [-0.39, 0.29) is 6.04 Å². The van der Waals surface area contributed by atoms with Crippen LogP contribution in [0.25, 0.3) is 0 Å². The summed E-state index contributed by atoms with van der Waals surface area (Å²) in [7, 11) is 3.31. The van der Waals surface area contributed by atoms with Crippen molar-refractivity contribution < 1.29 is 9.47 Å². The fourth-order valence-corrected chi connectivity index (χ4v) is 2.04. The lowest BCUT2D eigenvalue weighted by molar-refractivity contribution is 0.397. The zero-order valence-corrected chi connectivity index (χ0v) is 12.1. The Bertz CT molecular complexity index is 540. The number of methoxy groups -OCH3 is 2. The topological polar surface area (TPSA) is 43.4 Å². The van der Waals surface area contributed by atoms with E-state index in [2.05, 4.69) is 23.3 Å². The maximum atomic E-state index is 5.38. The quantitative estimate of drug-likeness (QED) is 0.878. The summed E-state index contributed by atoms with van der Waals surface area (Å²) >= 11 is 0. The SMILES string of the molecule is COc1ccc(CN[C@H](C)c2ccccc2OC)cn1. The summed E-state index contributed by atoms with van der Waals surface area (Å²) in [5.41, 5.74) is 2.27. The third kappa shape index (κ3) is 3.48. The molecule has 0 fully saturated rings. The molecule has 4 heteroatoms. The van der Waals surface area contributed by atoms with Crippen molar-refractivity contribution in [1.82, 2.24) is 10.3 Å². The third-order valence-corrected chi connectivity index (χ3v) is 3.22. The molecule has 0 aliphatic heterocycles. The van der Waals surface area contributed by atoms with Gasteiger partial charge < -0.3 is 14.8 Å². The zero-order chi connectivity index (χ0) is 14.4. The second kappa shape index (κ2) is 6.91. The Labute approximate surface area is 119 Å². The Morgan fingerprint density at radius 1 is 1.10 bits per heavy atom. The van der Waals surface area contributed by atoms with Crippen molar-refractivity contribution in [1.29, 1.82) is 0 Å². The molecule has 0 spiro atoms. The molecule has 106 valence electrons. The fraction of sp³-hybridized carbons (Fsp3) is 0.312. The van der Waals surface area contributed by atoms with E-state index in [0.717, 1.165) is 23.4 Å². The molecule has 1 aromatic heterocycles. The zero-order valence-electron chi connectivity index (χ0n) is 12.1. The number of pyridine rings is 1. The van der Waals surface area contributed by atoms with Crippen LogP contribution in [0.5, 0.6) is 11.6 Å². The van der Waals surface area contributed by atoms with Crippen LogP contribution in [0.3, 0.4) is 0 Å². The molecular weight excluding hydrogens is 252 g/mol. The average Bonchev–Trinajstić information content (AvgIpc) is 2.53. The van der Waals surface area contributed by atoms with Crippen LogP contribution in [0.4, 0.5) is 0 Å². The van der Waals surface area contributed by atoms with Crippen LogP contribution in [0.15, 0.2) is 42.6 Å². The number of ether oxygens (including phenoxy) is 2. The van der Waals surface area contributed by atoms with E-state index < -0.39 is 0 Å². The van der Waals surface area contributed by atoms with E-state index in [9.17, 15) is 0 Å². The largest absolute Gasteiger partial charge is 0.496 e. The lowest BCUT2D eigenvalue weighted by Gasteiger charge is -2.17. The molecule has 2 aromatic rings. The summed E-state index contributed by atoms with van der Waals surface area (Å²) in [6.45, 7) is 2.87. The minimum absolute atomic E-state index is 0.202. The maximum absolute atomic E-state index is 5.38. The van der Waals surface area contributed by atoms with Crippen LogP contribution >= 0.6 is 0 Å². The Morgan fingerprint density at radius 3 is 2.55 bits per heavy atom. The standard InChI is InChI=1S/C16H20N2O2/c1-12(14-6-4-5-7-15(14)19-2)17-10-13-8-9-16(20-3)18-11-13/h4-9,11-12,17H,10H2,1-3H3/t12-/m1/s1. The molecule has 4 nitrogen and oxygen atoms in total. The minimum atomic E-state index is 0.202. The van der Waals surface area contributed by atoms with Gasteiger partial charge in [-0.3, -0.25) is 0 Å². The van der Waals surface area contributed by atoms with Gasteiger partial charge in [0.1, 0.15) is 5.75 Å². The molecular formula is C16H20N2O2. The van der Waals surface area contributed by atoms with Crippen molar-refractivity contribution in [3.63, 3.8) is 0 Å². The molecule has 1 aromatic carbocycles. The van der Waals surface area contributed by atoms with Crippen molar-refractivity contribution >= 4 is 0 Å². The van der Waals surface area contributed by atoms with Crippen molar-refractivity contribution in [2.24, 2.45) is 0 Å². The van der Waals surface area contributed by atoms with E-state index >= 15 is 0 Å². The smallest absolute Gasteiger partial charge is 0.212 e. The average molecular weight is 272 g/mol. The van der Waals surface area contributed by atoms with Gasteiger partial charge >= 0.3 is 0 Å². The molecule has 1 atom stereocenters. The van der Waals surface area contributed by atoms with E-state index in [4.69, 9.17) is 9.47 Å². The lowest BCUT2D eigenvalue weighted by Crippen LogP contribution is -2.18. The number of benzene rings is 1. The third-order valence-electron chi connectivity index (χ3n) is 3.22. The molecule has 0 aliphatic carbocycles. The van der Waals surface area contributed by atoms with Crippen molar-refractivity contribution in [2.75, 3.05) is 14.2 Å². The van der Waals surface area contributed by atoms with E-state index in [0.29, 0.717) is 5.88 Å². The van der Waals surface area contributed by atoms with Gasteiger partial charge in [0.15, 0.2) is 0 Å². The summed E-state index contributed by atoms with van der Waals surface area (Å²) in [5, 5.41) is 3.47. The molecule has 0 saturated heterocycles. The van der Waals surface area contributed by atoms with Crippen molar-refractivity contribution in [2.45, 2.75) is 19.5 Å². The maximum Gasteiger partial charge on any atom is 0.212 e. The van der Waals surface area contributed by atoms with Gasteiger partial charge in [0.05, 0.1) is 14.2 Å². The van der Waals surface area contributed by atoms with E-state index in [1.54, 1.807) is 14.2 Å². The first-order chi connectivity index (χ1) is 9.74. The minimum Gasteiger partial charge on any atom is -0.496 e. The predicted molar refractivity (Wildman–Crippen MR) is 79.0 cm³/mol. The molecule has 1 N–H and O–H groups in total. The Hall–Kier alpha value is -2.07. The van der Waals surface area contributed by atoms with E-state index in [1.165, 1.54) is 0 Å². The Kier molecular flexibility index (Phi) is 4.96. The van der Waals surface area contributed by atoms with Gasteiger partial charge in [-0.2, -0.15) is 0 Å². The number of hydrogen-bond donors (Lipinski definition) is 1. The van der Waals surface area contributed by atoms with Crippen LogP contribution in [-0.2, 0) is 6.54 Å². The summed E-state index contributed by atoms with van der Waals surface area (Å²) in [5.74, 6) is 1.53. The summed E-state index contributed by atoms with van der Waals surface area (Å²) in [6.07, 6.45) is 1.82. The fourth-order valence-electron chi connectivity index (χ4n) is 2.04. The van der Waals surface area contributed by atoms with Crippen LogP contribution in [0, 0.1) is 0 Å². The van der Waals surface area contributed by atoms with Crippen LogP contribution < -0.4 is 14.8 Å². The highest BCUT2D eigenvalue weighted by Gasteiger charge is 2.10. The molecule has 2 rings (SSSR count). The van der Waals surface area contributed by atoms with Gasteiger partial charge in [-0.15, -0.1) is 0 Å². The highest BCUT2D eigenvalue weighted by molar-refractivity contribution is 5.35. The van der Waals surface area contributed by atoms with Crippen LogP contribution in [0.1, 0.15) is 24.1 Å².